The van der Waals surface area contributed by atoms with Gasteiger partial charge >= 0.3 is 5.97 Å². The standard InChI is InChI=1S/C7H13NO3/c1-8-3-2-6(4-8)11-5-7(9)10/h6H,2-5H2,1H3,(H,9,10)/t6-/m0/s1. The maximum Gasteiger partial charge on any atom is 0.329 e. The Bertz CT molecular complexity index is 149. The predicted octanol–water partition coefficient (Wildman–Crippen LogP) is -0.208. The molecular formula is C7H13NO3. The summed E-state index contributed by atoms with van der Waals surface area (Å²) < 4.78 is 5.09. The molecule has 0 amide bonds. The lowest BCUT2D eigenvalue weighted by atomic mass is 10.3. The highest BCUT2D eigenvalue weighted by molar-refractivity contribution is 5.68. The van der Waals surface area contributed by atoms with Crippen molar-refractivity contribution < 1.29 is 14.6 Å². The minimum absolute atomic E-state index is 0.121. The molecule has 1 fully saturated rings. The maximum atomic E-state index is 10.1. The van der Waals surface area contributed by atoms with Crippen molar-refractivity contribution in [3.63, 3.8) is 0 Å². The summed E-state index contributed by atoms with van der Waals surface area (Å²) in [5.74, 6) is -0.889. The summed E-state index contributed by atoms with van der Waals surface area (Å²) in [6, 6.07) is 0. The lowest BCUT2D eigenvalue weighted by molar-refractivity contribution is -0.144. The Kier molecular flexibility index (Phi) is 2.84. The van der Waals surface area contributed by atoms with Crippen LogP contribution in [0.15, 0.2) is 0 Å². The van der Waals surface area contributed by atoms with Crippen LogP contribution in [0.5, 0.6) is 0 Å². The van der Waals surface area contributed by atoms with Crippen molar-refractivity contribution in [2.24, 2.45) is 0 Å². The predicted molar refractivity (Wildman–Crippen MR) is 39.5 cm³/mol. The number of carboxylic acid groups (broad SMARTS) is 1. The molecule has 0 unspecified atom stereocenters. The fraction of sp³-hybridized carbons (Fsp3) is 0.857. The molecule has 1 rings (SSSR count). The number of rotatable bonds is 3. The van der Waals surface area contributed by atoms with Crippen LogP contribution in [-0.4, -0.2) is 48.8 Å². The molecule has 4 nitrogen and oxygen atoms in total. The molecule has 0 aromatic heterocycles. The van der Waals surface area contributed by atoms with E-state index in [4.69, 9.17) is 9.84 Å². The summed E-state index contributed by atoms with van der Waals surface area (Å²) in [5, 5.41) is 8.30. The van der Waals surface area contributed by atoms with Crippen LogP contribution in [0.2, 0.25) is 0 Å². The van der Waals surface area contributed by atoms with Gasteiger partial charge in [-0.1, -0.05) is 0 Å². The van der Waals surface area contributed by atoms with Gasteiger partial charge in [0, 0.05) is 13.1 Å². The molecule has 1 heterocycles. The van der Waals surface area contributed by atoms with Gasteiger partial charge < -0.3 is 14.7 Å². The smallest absolute Gasteiger partial charge is 0.329 e. The SMILES string of the molecule is CN1CC[C@H](OCC(=O)O)C1. The average molecular weight is 159 g/mol. The highest BCUT2D eigenvalue weighted by atomic mass is 16.5. The quantitative estimate of drug-likeness (QED) is 0.619. The number of hydrogen-bond acceptors (Lipinski definition) is 3. The Morgan fingerprint density at radius 2 is 2.55 bits per heavy atom. The fourth-order valence-electron chi connectivity index (χ4n) is 1.22. The number of hydrogen-bond donors (Lipinski definition) is 1. The third kappa shape index (κ3) is 2.86. The van der Waals surface area contributed by atoms with Gasteiger partial charge in [-0.05, 0) is 13.5 Å². The lowest BCUT2D eigenvalue weighted by Gasteiger charge is -2.09. The molecule has 1 saturated heterocycles. The molecule has 0 saturated carbocycles. The van der Waals surface area contributed by atoms with Crippen LogP contribution in [0, 0.1) is 0 Å². The summed E-state index contributed by atoms with van der Waals surface area (Å²) in [5.41, 5.74) is 0. The second kappa shape index (κ2) is 3.69. The molecule has 1 N–H and O–H groups in total. The summed E-state index contributed by atoms with van der Waals surface area (Å²) in [7, 11) is 2.00. The van der Waals surface area contributed by atoms with Gasteiger partial charge in [-0.25, -0.2) is 4.79 Å². The first-order valence-corrected chi connectivity index (χ1v) is 3.70. The van der Waals surface area contributed by atoms with Crippen molar-refractivity contribution in [1.82, 2.24) is 4.90 Å². The monoisotopic (exact) mass is 159 g/mol. The minimum Gasteiger partial charge on any atom is -0.480 e. The van der Waals surface area contributed by atoms with Gasteiger partial charge in [0.15, 0.2) is 0 Å². The molecule has 11 heavy (non-hydrogen) atoms. The number of nitrogens with zero attached hydrogens (tertiary/aromatic N) is 1. The van der Waals surface area contributed by atoms with Crippen molar-refractivity contribution in [3.05, 3.63) is 0 Å². The van der Waals surface area contributed by atoms with Gasteiger partial charge in [-0.2, -0.15) is 0 Å². The summed E-state index contributed by atoms with van der Waals surface area (Å²) in [6.07, 6.45) is 1.07. The molecule has 64 valence electrons. The van der Waals surface area contributed by atoms with Crippen molar-refractivity contribution in [1.29, 1.82) is 0 Å². The zero-order chi connectivity index (χ0) is 8.27. The van der Waals surface area contributed by atoms with E-state index in [2.05, 4.69) is 4.90 Å². The molecule has 1 aliphatic heterocycles. The second-order valence-corrected chi connectivity index (χ2v) is 2.88. The minimum atomic E-state index is -0.889. The van der Waals surface area contributed by atoms with E-state index < -0.39 is 5.97 Å². The Hall–Kier alpha value is -0.610. The number of likely N-dealkylation sites (N-methyl/N-ethyl adjacent to an activating group) is 1. The van der Waals surface area contributed by atoms with Crippen LogP contribution in [0.3, 0.4) is 0 Å². The van der Waals surface area contributed by atoms with Crippen LogP contribution in [0.4, 0.5) is 0 Å². The highest BCUT2D eigenvalue weighted by Crippen LogP contribution is 2.09. The number of ether oxygens (including phenoxy) is 1. The highest BCUT2D eigenvalue weighted by Gasteiger charge is 2.20. The average Bonchev–Trinajstić information content (AvgIpc) is 2.31. The molecule has 0 aromatic rings. The molecule has 1 aliphatic rings. The Morgan fingerprint density at radius 1 is 1.82 bits per heavy atom. The zero-order valence-corrected chi connectivity index (χ0v) is 6.62. The maximum absolute atomic E-state index is 10.1. The second-order valence-electron chi connectivity index (χ2n) is 2.88. The Balaban J connectivity index is 2.13. The van der Waals surface area contributed by atoms with Gasteiger partial charge in [0.25, 0.3) is 0 Å². The van der Waals surface area contributed by atoms with E-state index in [0.29, 0.717) is 0 Å². The summed E-state index contributed by atoms with van der Waals surface area (Å²) in [6.45, 7) is 1.69. The third-order valence-electron chi connectivity index (χ3n) is 1.79. The molecule has 0 spiro atoms. The van der Waals surface area contributed by atoms with Crippen LogP contribution >= 0.6 is 0 Å². The summed E-state index contributed by atoms with van der Waals surface area (Å²) >= 11 is 0. The van der Waals surface area contributed by atoms with Crippen LogP contribution in [0.1, 0.15) is 6.42 Å². The first-order valence-electron chi connectivity index (χ1n) is 3.70. The Morgan fingerprint density at radius 3 is 3.00 bits per heavy atom. The van der Waals surface area contributed by atoms with Gasteiger partial charge in [-0.15, -0.1) is 0 Å². The normalized spacial score (nSPS) is 25.7. The topological polar surface area (TPSA) is 49.8 Å². The van der Waals surface area contributed by atoms with E-state index >= 15 is 0 Å². The van der Waals surface area contributed by atoms with Crippen LogP contribution < -0.4 is 0 Å². The number of aliphatic carboxylic acids is 1. The third-order valence-corrected chi connectivity index (χ3v) is 1.79. The lowest BCUT2D eigenvalue weighted by Crippen LogP contribution is -2.21. The number of carbonyl (C=O) groups is 1. The molecular weight excluding hydrogens is 146 g/mol. The van der Waals surface area contributed by atoms with Gasteiger partial charge in [0.2, 0.25) is 0 Å². The summed E-state index contributed by atoms with van der Waals surface area (Å²) in [4.78, 5) is 12.2. The largest absolute Gasteiger partial charge is 0.480 e. The van der Waals surface area contributed by atoms with E-state index in [1.54, 1.807) is 0 Å². The van der Waals surface area contributed by atoms with E-state index in [1.165, 1.54) is 0 Å². The zero-order valence-electron chi connectivity index (χ0n) is 6.62. The van der Waals surface area contributed by atoms with E-state index in [-0.39, 0.29) is 12.7 Å². The van der Waals surface area contributed by atoms with Crippen LogP contribution in [-0.2, 0) is 9.53 Å². The van der Waals surface area contributed by atoms with Crippen molar-refractivity contribution >= 4 is 5.97 Å². The molecule has 0 aliphatic carbocycles. The molecule has 1 atom stereocenters. The van der Waals surface area contributed by atoms with Crippen molar-refractivity contribution in [3.8, 4) is 0 Å². The molecule has 0 bridgehead atoms. The van der Waals surface area contributed by atoms with Gasteiger partial charge in [-0.3, -0.25) is 0 Å². The number of carboxylic acids is 1. The molecule has 4 heteroatoms. The van der Waals surface area contributed by atoms with Crippen LogP contribution in [0.25, 0.3) is 0 Å². The first kappa shape index (κ1) is 8.49. The van der Waals surface area contributed by atoms with Crippen molar-refractivity contribution in [2.45, 2.75) is 12.5 Å². The fourth-order valence-corrected chi connectivity index (χ4v) is 1.22. The first-order chi connectivity index (χ1) is 5.18. The van der Waals surface area contributed by atoms with Crippen molar-refractivity contribution in [2.75, 3.05) is 26.7 Å². The van der Waals surface area contributed by atoms with Gasteiger partial charge in [0.05, 0.1) is 6.10 Å². The van der Waals surface area contributed by atoms with E-state index in [1.807, 2.05) is 7.05 Å². The molecule has 0 radical (unpaired) electrons. The Labute approximate surface area is 65.8 Å². The number of likely N-dealkylation sites (tertiary alicyclic amines) is 1. The van der Waals surface area contributed by atoms with E-state index in [9.17, 15) is 4.79 Å². The van der Waals surface area contributed by atoms with Gasteiger partial charge in [0.1, 0.15) is 6.61 Å². The molecule has 0 aromatic carbocycles. The van der Waals surface area contributed by atoms with E-state index in [0.717, 1.165) is 19.5 Å².